The Bertz CT molecular complexity index is 474. The first kappa shape index (κ1) is 14.4. The maximum atomic E-state index is 12.2. The second-order valence-corrected chi connectivity index (χ2v) is 5.70. The molecule has 0 saturated carbocycles. The highest BCUT2D eigenvalue weighted by Crippen LogP contribution is 2.26. The Labute approximate surface area is 124 Å². The van der Waals surface area contributed by atoms with Crippen LogP contribution in [0.4, 0.5) is 4.79 Å². The van der Waals surface area contributed by atoms with Crippen LogP contribution in [0.2, 0.25) is 0 Å². The van der Waals surface area contributed by atoms with Crippen molar-refractivity contribution in [1.82, 2.24) is 4.90 Å². The molecule has 1 aromatic rings. The molecule has 0 bridgehead atoms. The molecular formula is C16H21NO4. The van der Waals surface area contributed by atoms with Gasteiger partial charge in [-0.1, -0.05) is 30.3 Å². The number of likely N-dealkylation sites (tertiary alicyclic amines) is 1. The van der Waals surface area contributed by atoms with Crippen LogP contribution in [-0.2, 0) is 16.1 Å². The van der Waals surface area contributed by atoms with E-state index in [9.17, 15) is 9.90 Å². The van der Waals surface area contributed by atoms with Crippen LogP contribution >= 0.6 is 0 Å². The molecule has 0 radical (unpaired) electrons. The summed E-state index contributed by atoms with van der Waals surface area (Å²) in [6, 6.07) is 9.47. The number of benzene rings is 1. The van der Waals surface area contributed by atoms with Gasteiger partial charge >= 0.3 is 6.09 Å². The van der Waals surface area contributed by atoms with Gasteiger partial charge in [0.05, 0.1) is 24.9 Å². The van der Waals surface area contributed by atoms with E-state index in [-0.39, 0.29) is 24.8 Å². The van der Waals surface area contributed by atoms with Crippen molar-refractivity contribution >= 4 is 6.09 Å². The number of carbonyl (C=O) groups is 1. The predicted octanol–water partition coefficient (Wildman–Crippen LogP) is 1.94. The summed E-state index contributed by atoms with van der Waals surface area (Å²) < 4.78 is 10.5. The van der Waals surface area contributed by atoms with Gasteiger partial charge in [-0.25, -0.2) is 4.79 Å². The molecule has 3 rings (SSSR count). The van der Waals surface area contributed by atoms with Crippen LogP contribution < -0.4 is 0 Å². The highest BCUT2D eigenvalue weighted by atomic mass is 16.6. The zero-order valence-corrected chi connectivity index (χ0v) is 12.0. The molecule has 1 N–H and O–H groups in total. The van der Waals surface area contributed by atoms with Crippen molar-refractivity contribution in [3.05, 3.63) is 35.9 Å². The SMILES string of the molecule is O=C(OCc1ccccc1)N1CCCC1C(O)CC1CO1. The Kier molecular flexibility index (Phi) is 4.41. The van der Waals surface area contributed by atoms with E-state index in [1.165, 1.54) is 0 Å². The van der Waals surface area contributed by atoms with Crippen LogP contribution in [0.25, 0.3) is 0 Å². The molecule has 3 atom stereocenters. The zero-order chi connectivity index (χ0) is 14.7. The predicted molar refractivity (Wildman–Crippen MR) is 76.7 cm³/mol. The second-order valence-electron chi connectivity index (χ2n) is 5.70. The minimum absolute atomic E-state index is 0.141. The fraction of sp³-hybridized carbons (Fsp3) is 0.562. The van der Waals surface area contributed by atoms with Gasteiger partial charge in [-0.15, -0.1) is 0 Å². The molecule has 2 aliphatic rings. The Morgan fingerprint density at radius 2 is 2.19 bits per heavy atom. The van der Waals surface area contributed by atoms with Gasteiger partial charge in [-0.2, -0.15) is 0 Å². The van der Waals surface area contributed by atoms with E-state index in [1.807, 2.05) is 30.3 Å². The van der Waals surface area contributed by atoms with Gasteiger partial charge in [0, 0.05) is 13.0 Å². The maximum absolute atomic E-state index is 12.2. The average molecular weight is 291 g/mol. The van der Waals surface area contributed by atoms with Gasteiger partial charge in [0.15, 0.2) is 0 Å². The fourth-order valence-corrected chi connectivity index (χ4v) is 2.85. The second kappa shape index (κ2) is 6.45. The molecular weight excluding hydrogens is 270 g/mol. The average Bonchev–Trinajstić information content (AvgIpc) is 3.18. The van der Waals surface area contributed by atoms with Gasteiger partial charge in [0.2, 0.25) is 0 Å². The third-order valence-electron chi connectivity index (χ3n) is 4.09. The van der Waals surface area contributed by atoms with Gasteiger partial charge in [-0.05, 0) is 18.4 Å². The van der Waals surface area contributed by atoms with Crippen LogP contribution in [-0.4, -0.2) is 47.5 Å². The van der Waals surface area contributed by atoms with Crippen molar-refractivity contribution in [2.75, 3.05) is 13.2 Å². The van der Waals surface area contributed by atoms with Gasteiger partial charge in [0.1, 0.15) is 6.61 Å². The van der Waals surface area contributed by atoms with Gasteiger partial charge < -0.3 is 19.5 Å². The number of aliphatic hydroxyl groups excluding tert-OH is 1. The summed E-state index contributed by atoms with van der Waals surface area (Å²) in [4.78, 5) is 13.9. The monoisotopic (exact) mass is 291 g/mol. The molecule has 2 saturated heterocycles. The summed E-state index contributed by atoms with van der Waals surface area (Å²) in [6.07, 6.45) is 1.65. The molecule has 2 aliphatic heterocycles. The number of nitrogens with zero attached hydrogens (tertiary/aromatic N) is 1. The van der Waals surface area contributed by atoms with E-state index >= 15 is 0 Å². The summed E-state index contributed by atoms with van der Waals surface area (Å²) >= 11 is 0. The summed E-state index contributed by atoms with van der Waals surface area (Å²) in [5, 5.41) is 10.2. The molecule has 21 heavy (non-hydrogen) atoms. The molecule has 5 heteroatoms. The van der Waals surface area contributed by atoms with Crippen LogP contribution in [0.1, 0.15) is 24.8 Å². The molecule has 2 fully saturated rings. The Balaban J connectivity index is 1.52. The van der Waals surface area contributed by atoms with E-state index < -0.39 is 6.10 Å². The lowest BCUT2D eigenvalue weighted by atomic mass is 10.0. The molecule has 0 aliphatic carbocycles. The van der Waals surface area contributed by atoms with Crippen molar-refractivity contribution in [2.24, 2.45) is 0 Å². The number of aliphatic hydroxyl groups is 1. The van der Waals surface area contributed by atoms with Gasteiger partial charge in [-0.3, -0.25) is 0 Å². The van der Waals surface area contributed by atoms with Crippen molar-refractivity contribution < 1.29 is 19.4 Å². The molecule has 1 amide bonds. The third-order valence-corrected chi connectivity index (χ3v) is 4.09. The van der Waals surface area contributed by atoms with Crippen LogP contribution in [0.3, 0.4) is 0 Å². The Hall–Kier alpha value is -1.59. The Morgan fingerprint density at radius 1 is 1.43 bits per heavy atom. The van der Waals surface area contributed by atoms with Crippen molar-refractivity contribution in [3.8, 4) is 0 Å². The number of hydrogen-bond acceptors (Lipinski definition) is 4. The maximum Gasteiger partial charge on any atom is 0.410 e. The molecule has 3 unspecified atom stereocenters. The Morgan fingerprint density at radius 3 is 2.90 bits per heavy atom. The lowest BCUT2D eigenvalue weighted by molar-refractivity contribution is 0.0414. The smallest absolute Gasteiger partial charge is 0.410 e. The normalized spacial score (nSPS) is 25.7. The largest absolute Gasteiger partial charge is 0.445 e. The standard InChI is InChI=1S/C16H21NO4/c18-15(9-13-11-20-13)14-7-4-8-17(14)16(19)21-10-12-5-2-1-3-6-12/h1-3,5-6,13-15,18H,4,7-11H2. The first-order valence-electron chi connectivity index (χ1n) is 7.51. The lowest BCUT2D eigenvalue weighted by Gasteiger charge is -2.27. The highest BCUT2D eigenvalue weighted by Gasteiger charge is 2.38. The van der Waals surface area contributed by atoms with Crippen LogP contribution in [0.15, 0.2) is 30.3 Å². The van der Waals surface area contributed by atoms with Gasteiger partial charge in [0.25, 0.3) is 0 Å². The molecule has 0 spiro atoms. The summed E-state index contributed by atoms with van der Waals surface area (Å²) in [5.74, 6) is 0. The molecule has 2 heterocycles. The summed E-state index contributed by atoms with van der Waals surface area (Å²) in [7, 11) is 0. The number of ether oxygens (including phenoxy) is 2. The quantitative estimate of drug-likeness (QED) is 0.842. The number of carbonyl (C=O) groups excluding carboxylic acids is 1. The van der Waals surface area contributed by atoms with E-state index in [4.69, 9.17) is 9.47 Å². The molecule has 1 aromatic carbocycles. The number of amides is 1. The number of hydrogen-bond donors (Lipinski definition) is 1. The minimum atomic E-state index is -0.524. The fourth-order valence-electron chi connectivity index (χ4n) is 2.85. The minimum Gasteiger partial charge on any atom is -0.445 e. The summed E-state index contributed by atoms with van der Waals surface area (Å²) in [6.45, 7) is 1.65. The third kappa shape index (κ3) is 3.74. The van der Waals surface area contributed by atoms with Crippen molar-refractivity contribution in [3.63, 3.8) is 0 Å². The highest BCUT2D eigenvalue weighted by molar-refractivity contribution is 5.68. The van der Waals surface area contributed by atoms with E-state index in [0.29, 0.717) is 13.0 Å². The van der Waals surface area contributed by atoms with Crippen molar-refractivity contribution in [2.45, 2.75) is 44.1 Å². The first-order chi connectivity index (χ1) is 10.2. The van der Waals surface area contributed by atoms with E-state index in [1.54, 1.807) is 4.90 Å². The molecule has 5 nitrogen and oxygen atoms in total. The molecule has 0 aromatic heterocycles. The van der Waals surface area contributed by atoms with Crippen molar-refractivity contribution in [1.29, 1.82) is 0 Å². The first-order valence-corrected chi connectivity index (χ1v) is 7.51. The van der Waals surface area contributed by atoms with E-state index in [0.717, 1.165) is 25.0 Å². The van der Waals surface area contributed by atoms with Crippen LogP contribution in [0.5, 0.6) is 0 Å². The van der Waals surface area contributed by atoms with Crippen LogP contribution in [0, 0.1) is 0 Å². The summed E-state index contributed by atoms with van der Waals surface area (Å²) in [5.41, 5.74) is 0.966. The van der Waals surface area contributed by atoms with E-state index in [2.05, 4.69) is 0 Å². The topological polar surface area (TPSA) is 62.3 Å². The lowest BCUT2D eigenvalue weighted by Crippen LogP contribution is -2.43. The zero-order valence-electron chi connectivity index (χ0n) is 12.0. The number of epoxide rings is 1. The number of rotatable bonds is 5. The molecule has 114 valence electrons.